The number of thiol groups is 1. The minimum atomic E-state index is -0.420. The van der Waals surface area contributed by atoms with Crippen LogP contribution >= 0.6 is 12.6 Å². The third-order valence-corrected chi connectivity index (χ3v) is 3.11. The molecular weight excluding hydrogens is 240 g/mol. The van der Waals surface area contributed by atoms with E-state index in [4.69, 9.17) is 14.3 Å². The number of ether oxygens (including phenoxy) is 1. The molecule has 4 nitrogen and oxygen atoms in total. The van der Waals surface area contributed by atoms with E-state index in [2.05, 4.69) is 12.6 Å². The lowest BCUT2D eigenvalue weighted by Gasteiger charge is -2.09. The minimum absolute atomic E-state index is 0.102. The van der Waals surface area contributed by atoms with Crippen LogP contribution in [-0.2, 0) is 0 Å². The zero-order valence-corrected chi connectivity index (χ0v) is 10.4. The van der Waals surface area contributed by atoms with Crippen molar-refractivity contribution in [2.45, 2.75) is 18.9 Å². The summed E-state index contributed by atoms with van der Waals surface area (Å²) in [4.78, 5) is 12.0. The second-order valence-corrected chi connectivity index (χ2v) is 4.11. The lowest BCUT2D eigenvalue weighted by Crippen LogP contribution is -2.07. The van der Waals surface area contributed by atoms with Crippen molar-refractivity contribution in [3.8, 4) is 5.75 Å². The largest absolute Gasteiger partial charge is 0.467 e. The summed E-state index contributed by atoms with van der Waals surface area (Å²) in [5.74, 6) is 0.486. The number of rotatable bonds is 2. The van der Waals surface area contributed by atoms with E-state index in [-0.39, 0.29) is 5.43 Å². The van der Waals surface area contributed by atoms with Gasteiger partial charge in [0, 0.05) is 11.1 Å². The highest BCUT2D eigenvalue weighted by atomic mass is 32.1. The minimum Gasteiger partial charge on any atom is -0.467 e. The molecule has 0 radical (unpaired) electrons. The maximum atomic E-state index is 12.0. The molecule has 1 aromatic carbocycles. The van der Waals surface area contributed by atoms with Gasteiger partial charge in [0.1, 0.15) is 11.3 Å². The Balaban J connectivity index is 2.83. The first-order valence-electron chi connectivity index (χ1n) is 5.06. The molecule has 2 rings (SSSR count). The smallest absolute Gasteiger partial charge is 0.196 e. The molecule has 1 heterocycles. The van der Waals surface area contributed by atoms with Gasteiger partial charge in [-0.3, -0.25) is 4.79 Å². The Hall–Kier alpha value is -1.46. The average Bonchev–Trinajstić information content (AvgIpc) is 2.31. The summed E-state index contributed by atoms with van der Waals surface area (Å²) in [5.41, 5.74) is 1.49. The molecule has 1 N–H and O–H groups in total. The van der Waals surface area contributed by atoms with Crippen LogP contribution < -0.4 is 10.2 Å². The fourth-order valence-corrected chi connectivity index (χ4v) is 1.88. The molecule has 0 aliphatic heterocycles. The number of fused-ring (bicyclic) bond motifs is 1. The van der Waals surface area contributed by atoms with Crippen LogP contribution in [-0.4, -0.2) is 11.9 Å². The van der Waals surface area contributed by atoms with Gasteiger partial charge in [-0.1, -0.05) is 0 Å². The van der Waals surface area contributed by atoms with E-state index in [9.17, 15) is 4.79 Å². The SMILES string of the molecule is Cc1c(S)oc2c(C)c(OCO)ccc2c1=O. The van der Waals surface area contributed by atoms with Crippen molar-refractivity contribution in [2.24, 2.45) is 0 Å². The van der Waals surface area contributed by atoms with Gasteiger partial charge < -0.3 is 14.3 Å². The van der Waals surface area contributed by atoms with Crippen LogP contribution in [0.5, 0.6) is 5.75 Å². The summed E-state index contributed by atoms with van der Waals surface area (Å²) in [7, 11) is 0. The number of hydrogen-bond acceptors (Lipinski definition) is 5. The fraction of sp³-hybridized carbons (Fsp3) is 0.250. The van der Waals surface area contributed by atoms with Crippen LogP contribution in [0.1, 0.15) is 11.1 Å². The van der Waals surface area contributed by atoms with Gasteiger partial charge in [0.25, 0.3) is 0 Å². The molecule has 0 aliphatic rings. The predicted molar refractivity (Wildman–Crippen MR) is 66.9 cm³/mol. The Morgan fingerprint density at radius 2 is 2.06 bits per heavy atom. The number of aryl methyl sites for hydroxylation is 1. The molecule has 0 saturated heterocycles. The van der Waals surface area contributed by atoms with Gasteiger partial charge in [-0.15, -0.1) is 12.6 Å². The van der Waals surface area contributed by atoms with E-state index in [0.717, 1.165) is 0 Å². The van der Waals surface area contributed by atoms with Crippen molar-refractivity contribution >= 4 is 23.6 Å². The molecule has 0 unspecified atom stereocenters. The summed E-state index contributed by atoms with van der Waals surface area (Å²) in [5, 5.41) is 9.53. The maximum absolute atomic E-state index is 12.0. The second kappa shape index (κ2) is 4.43. The van der Waals surface area contributed by atoms with Gasteiger partial charge in [-0.2, -0.15) is 0 Å². The van der Waals surface area contributed by atoms with Crippen LogP contribution in [0.4, 0.5) is 0 Å². The average molecular weight is 252 g/mol. The van der Waals surface area contributed by atoms with E-state index < -0.39 is 6.79 Å². The summed E-state index contributed by atoms with van der Waals surface area (Å²) in [6.45, 7) is 3.01. The van der Waals surface area contributed by atoms with Crippen molar-refractivity contribution in [3.63, 3.8) is 0 Å². The molecule has 0 atom stereocenters. The first-order chi connectivity index (χ1) is 8.06. The Labute approximate surface area is 103 Å². The molecule has 0 amide bonds. The van der Waals surface area contributed by atoms with E-state index in [1.54, 1.807) is 26.0 Å². The van der Waals surface area contributed by atoms with Gasteiger partial charge in [0.2, 0.25) is 0 Å². The fourth-order valence-electron chi connectivity index (χ4n) is 1.68. The highest BCUT2D eigenvalue weighted by Crippen LogP contribution is 2.28. The van der Waals surface area contributed by atoms with Gasteiger partial charge in [-0.25, -0.2) is 0 Å². The summed E-state index contributed by atoms with van der Waals surface area (Å²) in [6.07, 6.45) is 0. The molecule has 2 aromatic rings. The van der Waals surface area contributed by atoms with Gasteiger partial charge in [0.05, 0.1) is 5.39 Å². The maximum Gasteiger partial charge on any atom is 0.196 e. The highest BCUT2D eigenvalue weighted by Gasteiger charge is 2.13. The van der Waals surface area contributed by atoms with Gasteiger partial charge in [-0.05, 0) is 26.0 Å². The molecule has 0 spiro atoms. The van der Waals surface area contributed by atoms with E-state index in [1.165, 1.54) is 0 Å². The van der Waals surface area contributed by atoms with Crippen LogP contribution in [0, 0.1) is 13.8 Å². The van der Waals surface area contributed by atoms with Crippen LogP contribution in [0.2, 0.25) is 0 Å². The Bertz CT molecular complexity index is 630. The number of aliphatic hydroxyl groups excluding tert-OH is 1. The Morgan fingerprint density at radius 3 is 2.71 bits per heavy atom. The predicted octanol–water partition coefficient (Wildman–Crippen LogP) is 2.03. The summed E-state index contributed by atoms with van der Waals surface area (Å²) >= 11 is 4.12. The van der Waals surface area contributed by atoms with E-state index >= 15 is 0 Å². The molecule has 0 fully saturated rings. The standard InChI is InChI=1S/C12H12O4S/c1-6-9(15-5-13)4-3-8-10(14)7(2)12(17)16-11(6)8/h3-4,13,17H,5H2,1-2H3. The normalized spacial score (nSPS) is 10.8. The topological polar surface area (TPSA) is 59.7 Å². The number of hydrogen-bond donors (Lipinski definition) is 2. The Kier molecular flexibility index (Phi) is 3.13. The van der Waals surface area contributed by atoms with Gasteiger partial charge in [0.15, 0.2) is 17.3 Å². The molecule has 0 bridgehead atoms. The van der Waals surface area contributed by atoms with Crippen molar-refractivity contribution in [1.29, 1.82) is 0 Å². The van der Waals surface area contributed by atoms with Gasteiger partial charge >= 0.3 is 0 Å². The summed E-state index contributed by atoms with van der Waals surface area (Å²) < 4.78 is 10.5. The first kappa shape index (κ1) is 12.0. The summed E-state index contributed by atoms with van der Waals surface area (Å²) in [6, 6.07) is 3.27. The zero-order chi connectivity index (χ0) is 12.6. The molecular formula is C12H12O4S. The van der Waals surface area contributed by atoms with Crippen molar-refractivity contribution in [1.82, 2.24) is 0 Å². The third-order valence-electron chi connectivity index (χ3n) is 2.68. The lowest BCUT2D eigenvalue weighted by molar-refractivity contribution is 0.0979. The van der Waals surface area contributed by atoms with Crippen molar-refractivity contribution in [3.05, 3.63) is 33.5 Å². The molecule has 90 valence electrons. The van der Waals surface area contributed by atoms with Crippen LogP contribution in [0.15, 0.2) is 26.4 Å². The lowest BCUT2D eigenvalue weighted by atomic mass is 10.1. The first-order valence-corrected chi connectivity index (χ1v) is 5.50. The molecule has 17 heavy (non-hydrogen) atoms. The number of benzene rings is 1. The molecule has 0 saturated carbocycles. The second-order valence-electron chi connectivity index (χ2n) is 3.70. The third kappa shape index (κ3) is 1.92. The monoisotopic (exact) mass is 252 g/mol. The number of aliphatic hydroxyl groups is 1. The molecule has 0 aliphatic carbocycles. The van der Waals surface area contributed by atoms with Crippen molar-refractivity contribution < 1.29 is 14.3 Å². The highest BCUT2D eigenvalue weighted by molar-refractivity contribution is 7.80. The quantitative estimate of drug-likeness (QED) is 0.634. The van der Waals surface area contributed by atoms with E-state index in [1.807, 2.05) is 0 Å². The zero-order valence-electron chi connectivity index (χ0n) is 9.48. The Morgan fingerprint density at radius 1 is 1.35 bits per heavy atom. The van der Waals surface area contributed by atoms with Crippen LogP contribution in [0.25, 0.3) is 11.0 Å². The van der Waals surface area contributed by atoms with Crippen molar-refractivity contribution in [2.75, 3.05) is 6.79 Å². The molecule has 1 aromatic heterocycles. The van der Waals surface area contributed by atoms with Crippen LogP contribution in [0.3, 0.4) is 0 Å². The molecule has 5 heteroatoms. The van der Waals surface area contributed by atoms with E-state index in [0.29, 0.717) is 32.9 Å².